The van der Waals surface area contributed by atoms with Gasteiger partial charge in [0.15, 0.2) is 11.5 Å². The lowest BCUT2D eigenvalue weighted by molar-refractivity contribution is -0.140. The lowest BCUT2D eigenvalue weighted by atomic mass is 10.2. The number of rotatable bonds is 11. The SMILES string of the molecule is CCOc1cc(C=NNC(=O)C(Oc2ccccc2)Oc2ccccc2)ccc1OC(=O)c1ccccc1. The third kappa shape index (κ3) is 7.44. The van der Waals surface area contributed by atoms with Crippen LogP contribution in [0.1, 0.15) is 22.8 Å². The second-order valence-electron chi connectivity index (χ2n) is 7.82. The highest BCUT2D eigenvalue weighted by Gasteiger charge is 2.22. The molecule has 0 heterocycles. The summed E-state index contributed by atoms with van der Waals surface area (Å²) in [4.78, 5) is 25.3. The molecule has 4 rings (SSSR count). The molecule has 0 fully saturated rings. The summed E-state index contributed by atoms with van der Waals surface area (Å²) in [7, 11) is 0. The van der Waals surface area contributed by atoms with Crippen molar-refractivity contribution in [1.29, 1.82) is 0 Å². The van der Waals surface area contributed by atoms with Gasteiger partial charge in [-0.25, -0.2) is 10.2 Å². The van der Waals surface area contributed by atoms with Gasteiger partial charge in [0, 0.05) is 0 Å². The van der Waals surface area contributed by atoms with Crippen molar-refractivity contribution in [2.75, 3.05) is 6.61 Å². The standard InChI is InChI=1S/C30H26N2O6/c1-2-35-27-20-22(18-19-26(27)38-29(34)23-12-6-3-7-13-23)21-31-32-28(33)30(36-24-14-8-4-9-15-24)37-25-16-10-5-11-17-25/h3-21,30H,2H2,1H3,(H,32,33). The first kappa shape index (κ1) is 26.0. The molecule has 0 saturated heterocycles. The van der Waals surface area contributed by atoms with Crippen molar-refractivity contribution in [2.45, 2.75) is 13.2 Å². The number of nitrogens with one attached hydrogen (secondary N) is 1. The van der Waals surface area contributed by atoms with E-state index in [1.165, 1.54) is 6.21 Å². The summed E-state index contributed by atoms with van der Waals surface area (Å²) >= 11 is 0. The van der Waals surface area contributed by atoms with Crippen LogP contribution in [0.15, 0.2) is 114 Å². The molecule has 0 unspecified atom stereocenters. The van der Waals surface area contributed by atoms with Gasteiger partial charge in [-0.2, -0.15) is 5.10 Å². The average Bonchev–Trinajstić information content (AvgIpc) is 2.95. The lowest BCUT2D eigenvalue weighted by Gasteiger charge is -2.18. The number of hydrazone groups is 1. The Morgan fingerprint density at radius 3 is 1.95 bits per heavy atom. The summed E-state index contributed by atoms with van der Waals surface area (Å²) < 4.78 is 22.7. The molecule has 1 amide bonds. The van der Waals surface area contributed by atoms with Crippen LogP contribution in [0.3, 0.4) is 0 Å². The average molecular weight is 511 g/mol. The highest BCUT2D eigenvalue weighted by molar-refractivity contribution is 5.91. The number of carbonyl (C=O) groups is 2. The van der Waals surface area contributed by atoms with Crippen molar-refractivity contribution in [3.8, 4) is 23.0 Å². The molecule has 38 heavy (non-hydrogen) atoms. The Labute approximate surface area is 220 Å². The second-order valence-corrected chi connectivity index (χ2v) is 7.82. The van der Waals surface area contributed by atoms with Crippen LogP contribution in [-0.2, 0) is 4.79 Å². The molecule has 0 bridgehead atoms. The molecule has 4 aromatic rings. The van der Waals surface area contributed by atoms with E-state index in [4.69, 9.17) is 18.9 Å². The maximum absolute atomic E-state index is 12.9. The van der Waals surface area contributed by atoms with Gasteiger partial charge in [-0.3, -0.25) is 4.79 Å². The van der Waals surface area contributed by atoms with Gasteiger partial charge in [0.05, 0.1) is 18.4 Å². The summed E-state index contributed by atoms with van der Waals surface area (Å²) in [6.45, 7) is 2.19. The van der Waals surface area contributed by atoms with Crippen LogP contribution < -0.4 is 24.4 Å². The highest BCUT2D eigenvalue weighted by atomic mass is 16.7. The van der Waals surface area contributed by atoms with Crippen molar-refractivity contribution >= 4 is 18.1 Å². The van der Waals surface area contributed by atoms with Gasteiger partial charge < -0.3 is 18.9 Å². The van der Waals surface area contributed by atoms with Crippen LogP contribution >= 0.6 is 0 Å². The molecule has 8 heteroatoms. The van der Waals surface area contributed by atoms with Crippen LogP contribution in [0.4, 0.5) is 0 Å². The molecule has 0 aromatic heterocycles. The van der Waals surface area contributed by atoms with E-state index in [-0.39, 0.29) is 5.75 Å². The topological polar surface area (TPSA) is 95.5 Å². The van der Waals surface area contributed by atoms with Crippen molar-refractivity contribution in [1.82, 2.24) is 5.43 Å². The number of hydrogen-bond donors (Lipinski definition) is 1. The maximum atomic E-state index is 12.9. The minimum atomic E-state index is -1.28. The minimum absolute atomic E-state index is 0.273. The number of amides is 1. The summed E-state index contributed by atoms with van der Waals surface area (Å²) in [5, 5.41) is 4.04. The number of hydrogen-bond acceptors (Lipinski definition) is 7. The van der Waals surface area contributed by atoms with E-state index in [2.05, 4.69) is 10.5 Å². The number of carbonyl (C=O) groups excluding carboxylic acids is 2. The van der Waals surface area contributed by atoms with Gasteiger partial charge in [0.1, 0.15) is 11.5 Å². The van der Waals surface area contributed by atoms with Gasteiger partial charge >= 0.3 is 18.2 Å². The fraction of sp³-hybridized carbons (Fsp3) is 0.100. The first-order chi connectivity index (χ1) is 18.6. The molecule has 0 radical (unpaired) electrons. The summed E-state index contributed by atoms with van der Waals surface area (Å²) in [6, 6.07) is 31.4. The summed E-state index contributed by atoms with van der Waals surface area (Å²) in [6.07, 6.45) is 0.154. The van der Waals surface area contributed by atoms with Gasteiger partial charge in [0.25, 0.3) is 0 Å². The number of ether oxygens (including phenoxy) is 4. The summed E-state index contributed by atoms with van der Waals surface area (Å²) in [5.41, 5.74) is 3.48. The van der Waals surface area contributed by atoms with Gasteiger partial charge in [-0.05, 0) is 67.1 Å². The Bertz CT molecular complexity index is 1320. The van der Waals surface area contributed by atoms with E-state index >= 15 is 0 Å². The predicted molar refractivity (Wildman–Crippen MR) is 143 cm³/mol. The van der Waals surface area contributed by atoms with Gasteiger partial charge in [-0.1, -0.05) is 54.6 Å². The number of para-hydroxylation sites is 2. The second kappa shape index (κ2) is 13.3. The smallest absolute Gasteiger partial charge is 0.343 e. The number of esters is 1. The van der Waals surface area contributed by atoms with E-state index in [1.807, 2.05) is 25.1 Å². The van der Waals surface area contributed by atoms with Gasteiger partial charge in [0.2, 0.25) is 0 Å². The molecule has 8 nitrogen and oxygen atoms in total. The molecule has 0 saturated carbocycles. The van der Waals surface area contributed by atoms with Crippen LogP contribution in [0, 0.1) is 0 Å². The van der Waals surface area contributed by atoms with E-state index < -0.39 is 18.2 Å². The normalized spacial score (nSPS) is 10.7. The van der Waals surface area contributed by atoms with E-state index in [9.17, 15) is 9.59 Å². The van der Waals surface area contributed by atoms with Gasteiger partial charge in [-0.15, -0.1) is 0 Å². The zero-order chi connectivity index (χ0) is 26.6. The Kier molecular flexibility index (Phi) is 9.07. The highest BCUT2D eigenvalue weighted by Crippen LogP contribution is 2.29. The predicted octanol–water partition coefficient (Wildman–Crippen LogP) is 5.24. The van der Waals surface area contributed by atoms with Crippen LogP contribution in [-0.4, -0.2) is 31.0 Å². The molecule has 0 aliphatic heterocycles. The summed E-state index contributed by atoms with van der Waals surface area (Å²) in [5.74, 6) is 0.471. The van der Waals surface area contributed by atoms with Crippen LogP contribution in [0.25, 0.3) is 0 Å². The van der Waals surface area contributed by atoms with Crippen molar-refractivity contribution in [2.24, 2.45) is 5.10 Å². The van der Waals surface area contributed by atoms with Crippen LogP contribution in [0.2, 0.25) is 0 Å². The molecule has 192 valence electrons. The fourth-order valence-electron chi connectivity index (χ4n) is 3.29. The zero-order valence-electron chi connectivity index (χ0n) is 20.7. The van der Waals surface area contributed by atoms with Crippen molar-refractivity contribution < 1.29 is 28.5 Å². The lowest BCUT2D eigenvalue weighted by Crippen LogP contribution is -2.40. The van der Waals surface area contributed by atoms with E-state index in [0.717, 1.165) is 0 Å². The quantitative estimate of drug-likeness (QED) is 0.0975. The first-order valence-corrected chi connectivity index (χ1v) is 11.9. The molecule has 0 aliphatic carbocycles. The Hall–Kier alpha value is -5.11. The van der Waals surface area contributed by atoms with E-state index in [0.29, 0.717) is 35.0 Å². The van der Waals surface area contributed by atoms with Crippen LogP contribution in [0.5, 0.6) is 23.0 Å². The molecule has 4 aromatic carbocycles. The molecular formula is C30H26N2O6. The molecule has 0 spiro atoms. The molecule has 0 atom stereocenters. The molecular weight excluding hydrogens is 484 g/mol. The third-order valence-corrected chi connectivity index (χ3v) is 5.05. The Morgan fingerprint density at radius 2 is 1.37 bits per heavy atom. The minimum Gasteiger partial charge on any atom is -0.490 e. The number of benzene rings is 4. The third-order valence-electron chi connectivity index (χ3n) is 5.05. The monoisotopic (exact) mass is 510 g/mol. The Balaban J connectivity index is 1.44. The largest absolute Gasteiger partial charge is 0.490 e. The fourth-order valence-corrected chi connectivity index (χ4v) is 3.29. The number of nitrogens with zero attached hydrogens (tertiary/aromatic N) is 1. The molecule has 1 N–H and O–H groups in total. The first-order valence-electron chi connectivity index (χ1n) is 11.9. The molecule has 0 aliphatic rings. The van der Waals surface area contributed by atoms with Crippen molar-refractivity contribution in [3.63, 3.8) is 0 Å². The Morgan fingerprint density at radius 1 is 0.789 bits per heavy atom. The maximum Gasteiger partial charge on any atom is 0.343 e. The van der Waals surface area contributed by atoms with E-state index in [1.54, 1.807) is 91.0 Å². The van der Waals surface area contributed by atoms with Crippen molar-refractivity contribution in [3.05, 3.63) is 120 Å². The zero-order valence-corrected chi connectivity index (χ0v) is 20.7.